The molecule has 0 bridgehead atoms. The molecule has 168 valence electrons. The van der Waals surface area contributed by atoms with Crippen molar-refractivity contribution in [3.05, 3.63) is 53.6 Å². The number of rotatable bonds is 8. The number of sulfonamides is 1. The predicted octanol–water partition coefficient (Wildman–Crippen LogP) is 3.33. The summed E-state index contributed by atoms with van der Waals surface area (Å²) in [6.07, 6.45) is 3.08. The molecule has 2 aromatic carbocycles. The van der Waals surface area contributed by atoms with Gasteiger partial charge < -0.3 is 5.32 Å². The van der Waals surface area contributed by atoms with Crippen LogP contribution in [0.5, 0.6) is 0 Å². The van der Waals surface area contributed by atoms with Crippen molar-refractivity contribution in [1.82, 2.24) is 4.72 Å². The molecule has 0 atom stereocenters. The Morgan fingerprint density at radius 3 is 2.42 bits per heavy atom. The molecule has 1 amide bonds. The summed E-state index contributed by atoms with van der Waals surface area (Å²) in [5.74, 6) is -0.404. The molecule has 0 aromatic heterocycles. The maximum Gasteiger partial charge on any atom is 0.240 e. The van der Waals surface area contributed by atoms with Crippen molar-refractivity contribution in [2.24, 2.45) is 0 Å². The molecular weight excluding hydrogens is 436 g/mol. The van der Waals surface area contributed by atoms with E-state index in [1.165, 1.54) is 6.07 Å². The van der Waals surface area contributed by atoms with Gasteiger partial charge in [-0.05, 0) is 62.1 Å². The summed E-state index contributed by atoms with van der Waals surface area (Å²) in [4.78, 5) is 12.7. The Labute approximate surface area is 184 Å². The third kappa shape index (κ3) is 5.72. The van der Waals surface area contributed by atoms with Gasteiger partial charge in [-0.2, -0.15) is 0 Å². The highest BCUT2D eigenvalue weighted by molar-refractivity contribution is 7.92. The van der Waals surface area contributed by atoms with Gasteiger partial charge in [0.15, 0.2) is 9.84 Å². The molecule has 1 aliphatic rings. The van der Waals surface area contributed by atoms with Crippen molar-refractivity contribution >= 4 is 31.5 Å². The van der Waals surface area contributed by atoms with Crippen LogP contribution in [0, 0.1) is 13.8 Å². The van der Waals surface area contributed by atoms with Crippen LogP contribution in [0.4, 0.5) is 5.69 Å². The molecule has 3 rings (SSSR count). The van der Waals surface area contributed by atoms with Crippen LogP contribution in [0.1, 0.15) is 43.2 Å². The van der Waals surface area contributed by atoms with Gasteiger partial charge in [-0.15, -0.1) is 0 Å². The Morgan fingerprint density at radius 1 is 1.00 bits per heavy atom. The summed E-state index contributed by atoms with van der Waals surface area (Å²) in [5.41, 5.74) is 1.83. The highest BCUT2D eigenvalue weighted by Gasteiger charge is 2.30. The smallest absolute Gasteiger partial charge is 0.240 e. The van der Waals surface area contributed by atoms with Crippen molar-refractivity contribution in [2.45, 2.75) is 61.0 Å². The van der Waals surface area contributed by atoms with Gasteiger partial charge in [0.1, 0.15) is 0 Å². The van der Waals surface area contributed by atoms with E-state index in [0.29, 0.717) is 24.1 Å². The van der Waals surface area contributed by atoms with Crippen LogP contribution >= 0.6 is 0 Å². The van der Waals surface area contributed by atoms with Gasteiger partial charge in [0.2, 0.25) is 15.9 Å². The van der Waals surface area contributed by atoms with Crippen molar-refractivity contribution < 1.29 is 21.6 Å². The average molecular weight is 465 g/mol. The number of hydrogen-bond donors (Lipinski definition) is 2. The maximum absolute atomic E-state index is 12.8. The Morgan fingerprint density at radius 2 is 1.71 bits per heavy atom. The fraction of sp³-hybridized carbons (Fsp3) is 0.409. The number of amides is 1. The number of carbonyl (C=O) groups is 1. The molecule has 1 saturated carbocycles. The van der Waals surface area contributed by atoms with Crippen LogP contribution in [0.2, 0.25) is 0 Å². The van der Waals surface area contributed by atoms with Crippen molar-refractivity contribution in [2.75, 3.05) is 11.9 Å². The van der Waals surface area contributed by atoms with E-state index in [4.69, 9.17) is 0 Å². The van der Waals surface area contributed by atoms with Crippen LogP contribution in [-0.4, -0.2) is 34.5 Å². The molecule has 0 spiro atoms. The summed E-state index contributed by atoms with van der Waals surface area (Å²) < 4.78 is 53.0. The van der Waals surface area contributed by atoms with Crippen LogP contribution in [0.25, 0.3) is 0 Å². The SMILES string of the molecule is Cc1ccc(C)c(S(=O)(=O)NCCC(=O)Nc2cccc(S(=O)(=O)C3CCCC3)c2)c1. The Bertz CT molecular complexity index is 1170. The number of nitrogens with one attached hydrogen (secondary N) is 2. The second-order valence-corrected chi connectivity index (χ2v) is 11.9. The highest BCUT2D eigenvalue weighted by Crippen LogP contribution is 2.30. The first-order valence-electron chi connectivity index (χ1n) is 10.3. The summed E-state index contributed by atoms with van der Waals surface area (Å²) in [6.45, 7) is 3.46. The minimum atomic E-state index is -3.73. The van der Waals surface area contributed by atoms with Gasteiger partial charge >= 0.3 is 0 Å². The summed E-state index contributed by atoms with van der Waals surface area (Å²) in [7, 11) is -7.14. The van der Waals surface area contributed by atoms with Crippen molar-refractivity contribution in [3.8, 4) is 0 Å². The molecule has 2 N–H and O–H groups in total. The lowest BCUT2D eigenvalue weighted by atomic mass is 10.2. The van der Waals surface area contributed by atoms with Gasteiger partial charge in [0.25, 0.3) is 0 Å². The number of benzene rings is 2. The molecule has 0 radical (unpaired) electrons. The number of anilines is 1. The number of hydrogen-bond acceptors (Lipinski definition) is 5. The highest BCUT2D eigenvalue weighted by atomic mass is 32.2. The maximum atomic E-state index is 12.8. The molecule has 0 saturated heterocycles. The third-order valence-electron chi connectivity index (χ3n) is 5.46. The number of sulfone groups is 1. The van der Waals surface area contributed by atoms with Crippen LogP contribution < -0.4 is 10.0 Å². The van der Waals surface area contributed by atoms with Crippen LogP contribution in [0.3, 0.4) is 0 Å². The molecule has 2 aromatic rings. The molecule has 0 heterocycles. The van der Waals surface area contributed by atoms with E-state index in [0.717, 1.165) is 18.4 Å². The lowest BCUT2D eigenvalue weighted by Gasteiger charge is -2.13. The number of aryl methyl sites for hydroxylation is 2. The topological polar surface area (TPSA) is 109 Å². The van der Waals surface area contributed by atoms with E-state index >= 15 is 0 Å². The monoisotopic (exact) mass is 464 g/mol. The third-order valence-corrected chi connectivity index (χ3v) is 9.33. The van der Waals surface area contributed by atoms with E-state index in [9.17, 15) is 21.6 Å². The van der Waals surface area contributed by atoms with Gasteiger partial charge in [-0.1, -0.05) is 31.0 Å². The standard InChI is InChI=1S/C22H28N2O5S2/c1-16-10-11-17(2)21(14-16)31(28,29)23-13-12-22(25)24-18-6-5-9-20(15-18)30(26,27)19-7-3-4-8-19/h5-6,9-11,14-15,19,23H,3-4,7-8,12-13H2,1-2H3,(H,24,25). The van der Waals surface area contributed by atoms with Gasteiger partial charge in [-0.3, -0.25) is 4.79 Å². The van der Waals surface area contributed by atoms with E-state index in [-0.39, 0.29) is 28.0 Å². The minimum Gasteiger partial charge on any atom is -0.326 e. The Balaban J connectivity index is 1.59. The summed E-state index contributed by atoms with van der Waals surface area (Å²) >= 11 is 0. The first-order chi connectivity index (χ1) is 14.6. The quantitative estimate of drug-likeness (QED) is 0.623. The Hall–Kier alpha value is -2.23. The average Bonchev–Trinajstić information content (AvgIpc) is 3.25. The zero-order valence-corrected chi connectivity index (χ0v) is 19.4. The van der Waals surface area contributed by atoms with Crippen molar-refractivity contribution in [1.29, 1.82) is 0 Å². The fourth-order valence-corrected chi connectivity index (χ4v) is 7.00. The molecule has 31 heavy (non-hydrogen) atoms. The van der Waals surface area contributed by atoms with Gasteiger partial charge in [0, 0.05) is 18.7 Å². The zero-order valence-electron chi connectivity index (χ0n) is 17.7. The fourth-order valence-electron chi connectivity index (χ4n) is 3.74. The molecular formula is C22H28N2O5S2. The van der Waals surface area contributed by atoms with Gasteiger partial charge in [-0.25, -0.2) is 21.6 Å². The molecule has 0 unspecified atom stereocenters. The van der Waals surface area contributed by atoms with Gasteiger partial charge in [0.05, 0.1) is 15.0 Å². The lowest BCUT2D eigenvalue weighted by Crippen LogP contribution is -2.28. The molecule has 1 fully saturated rings. The van der Waals surface area contributed by atoms with Crippen molar-refractivity contribution in [3.63, 3.8) is 0 Å². The second-order valence-electron chi connectivity index (χ2n) is 7.94. The zero-order chi connectivity index (χ0) is 22.6. The molecule has 1 aliphatic carbocycles. The molecule has 7 nitrogen and oxygen atoms in total. The van der Waals surface area contributed by atoms with Crippen LogP contribution in [-0.2, 0) is 24.7 Å². The first kappa shape index (κ1) is 23.4. The first-order valence-corrected chi connectivity index (χ1v) is 13.3. The largest absolute Gasteiger partial charge is 0.326 e. The van der Waals surface area contributed by atoms with E-state index in [1.807, 2.05) is 13.0 Å². The number of carbonyl (C=O) groups excluding carboxylic acids is 1. The van der Waals surface area contributed by atoms with Crippen LogP contribution in [0.15, 0.2) is 52.3 Å². The van der Waals surface area contributed by atoms with E-state index in [1.54, 1.807) is 37.3 Å². The minimum absolute atomic E-state index is 0.0678. The lowest BCUT2D eigenvalue weighted by molar-refractivity contribution is -0.116. The molecule has 9 heteroatoms. The second kappa shape index (κ2) is 9.50. The summed E-state index contributed by atoms with van der Waals surface area (Å²) in [6, 6.07) is 11.4. The Kier molecular flexibility index (Phi) is 7.18. The van der Waals surface area contributed by atoms with E-state index in [2.05, 4.69) is 10.0 Å². The predicted molar refractivity (Wildman–Crippen MR) is 120 cm³/mol. The summed E-state index contributed by atoms with van der Waals surface area (Å²) in [5, 5.41) is 2.29. The molecule has 0 aliphatic heterocycles. The normalized spacial score (nSPS) is 15.2. The van der Waals surface area contributed by atoms with E-state index < -0.39 is 25.8 Å².